The smallest absolute Gasteiger partial charge is 0.335 e. The Hall–Kier alpha value is -5.67. The van der Waals surface area contributed by atoms with Gasteiger partial charge >= 0.3 is 5.97 Å². The van der Waals surface area contributed by atoms with Crippen LogP contribution in [-0.4, -0.2) is 21.6 Å². The van der Waals surface area contributed by atoms with Crippen molar-refractivity contribution in [1.29, 1.82) is 5.26 Å². The van der Waals surface area contributed by atoms with Gasteiger partial charge in [-0.1, -0.05) is 60.7 Å². The first-order valence-electron chi connectivity index (χ1n) is 13.2. The van der Waals surface area contributed by atoms with E-state index in [-0.39, 0.29) is 18.0 Å². The second kappa shape index (κ2) is 10.8. The van der Waals surface area contributed by atoms with E-state index >= 15 is 0 Å². The molecule has 6 rings (SSSR count). The summed E-state index contributed by atoms with van der Waals surface area (Å²) in [5.41, 5.74) is 5.85. The van der Waals surface area contributed by atoms with Crippen LogP contribution in [0.15, 0.2) is 115 Å². The summed E-state index contributed by atoms with van der Waals surface area (Å²) in [7, 11) is 0. The van der Waals surface area contributed by atoms with Gasteiger partial charge in [0.15, 0.2) is 0 Å². The monoisotopic (exact) mass is 535 g/mol. The Morgan fingerprint density at radius 2 is 1.49 bits per heavy atom. The van der Waals surface area contributed by atoms with E-state index in [1.807, 2.05) is 42.6 Å². The average Bonchev–Trinajstić information content (AvgIpc) is 3.42. The molecule has 198 valence electrons. The fourth-order valence-electron chi connectivity index (χ4n) is 5.13. The second-order valence-electron chi connectivity index (χ2n) is 9.96. The highest BCUT2D eigenvalue weighted by Gasteiger charge is 2.17. The van der Waals surface area contributed by atoms with E-state index in [1.54, 1.807) is 24.3 Å². The molecule has 0 aliphatic heterocycles. The van der Waals surface area contributed by atoms with E-state index in [0.717, 1.165) is 38.5 Å². The Labute approximate surface area is 236 Å². The van der Waals surface area contributed by atoms with Crippen LogP contribution >= 0.6 is 0 Å². The van der Waals surface area contributed by atoms with Gasteiger partial charge < -0.3 is 15.0 Å². The van der Waals surface area contributed by atoms with Crippen molar-refractivity contribution in [2.45, 2.75) is 13.1 Å². The predicted molar refractivity (Wildman–Crippen MR) is 160 cm³/mol. The third-order valence-electron chi connectivity index (χ3n) is 7.27. The van der Waals surface area contributed by atoms with Crippen molar-refractivity contribution >= 4 is 33.6 Å². The van der Waals surface area contributed by atoms with Crippen molar-refractivity contribution in [3.8, 4) is 17.2 Å². The van der Waals surface area contributed by atoms with Gasteiger partial charge in [0, 0.05) is 24.7 Å². The number of rotatable bonds is 7. The number of carbonyl (C=O) groups is 2. The molecule has 0 bridgehead atoms. The Balaban J connectivity index is 1.37. The standard InChI is InChI=1S/C35H25N3O3/c36-20-23-5-10-27(11-6-23)31-18-30-15-16-38(22-25-9-12-26-3-1-2-4-29(26)17-25)33(30)32(19-31)34(39)37-21-24-7-13-28(14-8-24)35(40)41/h1-19H,21-22H2,(H,37,39)(H,40,41). The average molecular weight is 536 g/mol. The number of aromatic nitrogens is 1. The zero-order valence-electron chi connectivity index (χ0n) is 22.0. The van der Waals surface area contributed by atoms with E-state index < -0.39 is 5.97 Å². The van der Waals surface area contributed by atoms with E-state index in [1.165, 1.54) is 17.5 Å². The molecule has 0 aliphatic carbocycles. The molecule has 0 unspecified atom stereocenters. The Kier molecular flexibility index (Phi) is 6.76. The first kappa shape index (κ1) is 25.6. The van der Waals surface area contributed by atoms with Crippen LogP contribution in [-0.2, 0) is 13.1 Å². The Morgan fingerprint density at radius 1 is 0.756 bits per heavy atom. The summed E-state index contributed by atoms with van der Waals surface area (Å²) in [6.07, 6.45) is 2.00. The van der Waals surface area contributed by atoms with E-state index in [2.05, 4.69) is 52.4 Å². The molecule has 0 spiro atoms. The summed E-state index contributed by atoms with van der Waals surface area (Å²) >= 11 is 0. The van der Waals surface area contributed by atoms with Gasteiger partial charge in [0.2, 0.25) is 0 Å². The zero-order chi connectivity index (χ0) is 28.3. The fraction of sp³-hybridized carbons (Fsp3) is 0.0571. The molecule has 0 saturated carbocycles. The number of nitriles is 1. The number of carboxylic acids is 1. The van der Waals surface area contributed by atoms with E-state index in [0.29, 0.717) is 17.7 Å². The SMILES string of the molecule is N#Cc1ccc(-c2cc(C(=O)NCc3ccc(C(=O)O)cc3)c3c(ccn3Cc3ccc4ccccc4c3)c2)cc1. The van der Waals surface area contributed by atoms with Crippen molar-refractivity contribution in [3.05, 3.63) is 143 Å². The molecule has 0 atom stereocenters. The maximum Gasteiger partial charge on any atom is 0.335 e. The molecule has 6 aromatic rings. The number of hydrogen-bond acceptors (Lipinski definition) is 3. The summed E-state index contributed by atoms with van der Waals surface area (Å²) in [5.74, 6) is -1.22. The lowest BCUT2D eigenvalue weighted by Crippen LogP contribution is -2.23. The summed E-state index contributed by atoms with van der Waals surface area (Å²) in [6.45, 7) is 0.855. The number of benzene rings is 5. The lowest BCUT2D eigenvalue weighted by molar-refractivity contribution is 0.0696. The van der Waals surface area contributed by atoms with E-state index in [4.69, 9.17) is 5.11 Å². The van der Waals surface area contributed by atoms with Crippen LogP contribution < -0.4 is 5.32 Å². The van der Waals surface area contributed by atoms with Gasteiger partial charge in [-0.2, -0.15) is 5.26 Å². The normalized spacial score (nSPS) is 10.9. The minimum Gasteiger partial charge on any atom is -0.478 e. The number of hydrogen-bond donors (Lipinski definition) is 2. The van der Waals surface area contributed by atoms with Crippen LogP contribution in [0.4, 0.5) is 0 Å². The molecular weight excluding hydrogens is 510 g/mol. The van der Waals surface area contributed by atoms with Gasteiger partial charge in [-0.3, -0.25) is 4.79 Å². The number of carboxylic acid groups (broad SMARTS) is 1. The Bertz CT molecular complexity index is 1960. The van der Waals surface area contributed by atoms with Crippen molar-refractivity contribution in [3.63, 3.8) is 0 Å². The molecule has 1 amide bonds. The number of carbonyl (C=O) groups excluding carboxylic acids is 1. The largest absolute Gasteiger partial charge is 0.478 e. The van der Waals surface area contributed by atoms with Gasteiger partial charge in [-0.25, -0.2) is 4.79 Å². The van der Waals surface area contributed by atoms with Crippen molar-refractivity contribution in [1.82, 2.24) is 9.88 Å². The lowest BCUT2D eigenvalue weighted by atomic mass is 9.99. The molecule has 1 aromatic heterocycles. The molecule has 0 saturated heterocycles. The molecule has 6 nitrogen and oxygen atoms in total. The van der Waals surface area contributed by atoms with Crippen LogP contribution in [0.5, 0.6) is 0 Å². The van der Waals surface area contributed by atoms with Gasteiger partial charge in [-0.05, 0) is 81.6 Å². The predicted octanol–water partition coefficient (Wildman–Crippen LogP) is 7.01. The molecule has 2 N–H and O–H groups in total. The zero-order valence-corrected chi connectivity index (χ0v) is 22.0. The second-order valence-corrected chi connectivity index (χ2v) is 9.96. The first-order valence-corrected chi connectivity index (χ1v) is 13.2. The number of fused-ring (bicyclic) bond motifs is 2. The van der Waals surface area contributed by atoms with Crippen molar-refractivity contribution in [2.75, 3.05) is 0 Å². The van der Waals surface area contributed by atoms with Gasteiger partial charge in [0.1, 0.15) is 0 Å². The Morgan fingerprint density at radius 3 is 2.22 bits per heavy atom. The summed E-state index contributed by atoms with van der Waals surface area (Å²) in [4.78, 5) is 24.9. The highest BCUT2D eigenvalue weighted by Crippen LogP contribution is 2.30. The molecule has 0 aliphatic rings. The van der Waals surface area contributed by atoms with Crippen LogP contribution in [0.1, 0.15) is 37.4 Å². The summed E-state index contributed by atoms with van der Waals surface area (Å²) in [5, 5.41) is 24.7. The molecule has 1 heterocycles. The van der Waals surface area contributed by atoms with Gasteiger partial charge in [0.05, 0.1) is 28.3 Å². The van der Waals surface area contributed by atoms with Crippen LogP contribution in [0.2, 0.25) is 0 Å². The van der Waals surface area contributed by atoms with Crippen LogP contribution in [0.25, 0.3) is 32.8 Å². The fourth-order valence-corrected chi connectivity index (χ4v) is 5.13. The maximum atomic E-state index is 13.7. The van der Waals surface area contributed by atoms with Gasteiger partial charge in [-0.15, -0.1) is 0 Å². The van der Waals surface area contributed by atoms with Gasteiger partial charge in [0.25, 0.3) is 5.91 Å². The highest BCUT2D eigenvalue weighted by atomic mass is 16.4. The van der Waals surface area contributed by atoms with E-state index in [9.17, 15) is 14.9 Å². The van der Waals surface area contributed by atoms with Crippen molar-refractivity contribution < 1.29 is 14.7 Å². The molecule has 0 radical (unpaired) electrons. The summed E-state index contributed by atoms with van der Waals surface area (Å²) < 4.78 is 2.10. The lowest BCUT2D eigenvalue weighted by Gasteiger charge is -2.14. The number of nitrogens with one attached hydrogen (secondary N) is 1. The minimum absolute atomic E-state index is 0.198. The highest BCUT2D eigenvalue weighted by molar-refractivity contribution is 6.08. The quantitative estimate of drug-likeness (QED) is 0.230. The van der Waals surface area contributed by atoms with Crippen LogP contribution in [0, 0.1) is 11.3 Å². The van der Waals surface area contributed by atoms with Crippen molar-refractivity contribution in [2.24, 2.45) is 0 Å². The summed E-state index contributed by atoms with van der Waals surface area (Å²) in [6, 6.07) is 36.5. The minimum atomic E-state index is -0.991. The molecule has 41 heavy (non-hydrogen) atoms. The number of amides is 1. The number of aromatic carboxylic acids is 1. The number of nitrogens with zero attached hydrogens (tertiary/aromatic N) is 2. The first-order chi connectivity index (χ1) is 20.0. The molecule has 0 fully saturated rings. The third kappa shape index (κ3) is 5.29. The third-order valence-corrected chi connectivity index (χ3v) is 7.27. The molecular formula is C35H25N3O3. The topological polar surface area (TPSA) is 95.1 Å². The van der Waals surface area contributed by atoms with Crippen LogP contribution in [0.3, 0.4) is 0 Å². The molecule has 5 aromatic carbocycles. The maximum absolute atomic E-state index is 13.7. The molecule has 6 heteroatoms.